The molecule has 0 aliphatic heterocycles. The number of benzene rings is 4. The lowest BCUT2D eigenvalue weighted by molar-refractivity contribution is 0.0552. The number of methoxy groups -OCH3 is 2. The molecule has 0 amide bonds. The largest absolute Gasteiger partial charge is 0.465 e. The van der Waals surface area contributed by atoms with Crippen molar-refractivity contribution in [2.24, 2.45) is 0 Å². The minimum atomic E-state index is -0.403. The van der Waals surface area contributed by atoms with E-state index < -0.39 is 11.9 Å². The smallest absolute Gasteiger partial charge is 0.339 e. The predicted molar refractivity (Wildman–Crippen MR) is 302 cm³/mol. The van der Waals surface area contributed by atoms with Gasteiger partial charge >= 0.3 is 11.9 Å². The highest BCUT2D eigenvalue weighted by Crippen LogP contribution is 2.46. The fraction of sp³-hybridized carbons (Fsp3) is 0.667. The first-order valence-electron chi connectivity index (χ1n) is 29.7. The van der Waals surface area contributed by atoms with Crippen LogP contribution < -0.4 is 0 Å². The Bertz CT molecular complexity index is 2130. The fourth-order valence-electron chi connectivity index (χ4n) is 12.5. The minimum absolute atomic E-state index is 0.403. The first-order valence-corrected chi connectivity index (χ1v) is 29.7. The number of carbonyl (C=O) groups excluding carboxylic acids is 2. The van der Waals surface area contributed by atoms with E-state index in [1.807, 2.05) is 0 Å². The summed E-state index contributed by atoms with van der Waals surface area (Å²) in [5.41, 5.74) is 18.6. The number of hydrogen-bond acceptors (Lipinski definition) is 4. The molecule has 0 saturated carbocycles. The van der Waals surface area contributed by atoms with Crippen molar-refractivity contribution in [2.45, 2.75) is 274 Å². The number of carbonyl (C=O) groups is 2. The van der Waals surface area contributed by atoms with Crippen molar-refractivity contribution in [3.63, 3.8) is 0 Å². The first kappa shape index (κ1) is 57.2. The second kappa shape index (κ2) is 30.4. The Hall–Kier alpha value is -3.66. The van der Waals surface area contributed by atoms with Gasteiger partial charge in [0, 0.05) is 0 Å². The Morgan fingerprint density at radius 1 is 0.314 bits per heavy atom. The Morgan fingerprint density at radius 2 is 0.529 bits per heavy atom. The Labute approximate surface area is 428 Å². The van der Waals surface area contributed by atoms with Gasteiger partial charge in [-0.15, -0.1) is 0 Å². The van der Waals surface area contributed by atoms with Crippen LogP contribution >= 0.6 is 0 Å². The summed E-state index contributed by atoms with van der Waals surface area (Å²) in [7, 11) is 2.95. The fourth-order valence-corrected chi connectivity index (χ4v) is 12.5. The maximum Gasteiger partial charge on any atom is 0.339 e. The van der Waals surface area contributed by atoms with Gasteiger partial charge in [-0.3, -0.25) is 0 Å². The molecule has 4 aromatic carbocycles. The van der Waals surface area contributed by atoms with Gasteiger partial charge in [-0.25, -0.2) is 9.59 Å². The van der Waals surface area contributed by atoms with Crippen LogP contribution in [0.2, 0.25) is 0 Å². The molecule has 0 unspecified atom stereocenters. The molecule has 4 aromatic rings. The van der Waals surface area contributed by atoms with E-state index in [0.29, 0.717) is 11.1 Å². The van der Waals surface area contributed by atoms with Crippen LogP contribution in [0, 0.1) is 0 Å². The van der Waals surface area contributed by atoms with E-state index in [1.165, 1.54) is 189 Å². The van der Waals surface area contributed by atoms with Crippen molar-refractivity contribution < 1.29 is 19.1 Å². The lowest BCUT2D eigenvalue weighted by Crippen LogP contribution is -2.25. The molecule has 0 bridgehead atoms. The lowest BCUT2D eigenvalue weighted by atomic mass is 9.71. The number of esters is 2. The third-order valence-electron chi connectivity index (χ3n) is 16.3. The Kier molecular flexibility index (Phi) is 24.9. The van der Waals surface area contributed by atoms with Gasteiger partial charge < -0.3 is 9.47 Å². The second-order valence-electron chi connectivity index (χ2n) is 21.4. The Morgan fingerprint density at radius 3 is 0.786 bits per heavy atom. The van der Waals surface area contributed by atoms with Crippen LogP contribution in [-0.2, 0) is 73.7 Å². The van der Waals surface area contributed by atoms with Gasteiger partial charge in [0.05, 0.1) is 25.3 Å². The highest BCUT2D eigenvalue weighted by Gasteiger charge is 2.35. The average molecular weight is 958 g/mol. The maximum absolute atomic E-state index is 14.3. The summed E-state index contributed by atoms with van der Waals surface area (Å²) in [6, 6.07) is 5.54. The standard InChI is InChI=1S/C66H100O4/c1-11-19-27-35-47-48(36-28-20-12-2)50(38-30-22-14-4)56-44-58-52(40-32-24-16-6)60-46-62-54(42-34-26-18-8)64(66(68)70-10)63(65(67)69-9)53(41-33-25-17-7)61(62)45-59(60)51(39-31-23-15-5)57(58)43-55(56)49(47)37-29-21-13-3/h43-44H,11-42,45-46H2,1-10H3. The molecule has 0 heterocycles. The van der Waals surface area contributed by atoms with Gasteiger partial charge in [0.1, 0.15) is 0 Å². The van der Waals surface area contributed by atoms with Gasteiger partial charge in [0.15, 0.2) is 0 Å². The van der Waals surface area contributed by atoms with E-state index >= 15 is 0 Å². The van der Waals surface area contributed by atoms with Crippen molar-refractivity contribution in [1.82, 2.24) is 0 Å². The molecule has 0 atom stereocenters. The zero-order valence-electron chi connectivity index (χ0n) is 46.8. The van der Waals surface area contributed by atoms with Crippen molar-refractivity contribution in [2.75, 3.05) is 14.2 Å². The van der Waals surface area contributed by atoms with E-state index in [9.17, 15) is 9.59 Å². The SMILES string of the molecule is CCCCCc1c2c(c(CCCCC)c(C(=O)OC)c1C(=O)OC)Cc1c(c(CCCCC)c3cc4c(CCCCC)c(CCCCC)c(CCCCC)c(CCCCC)c4cc3c1CCCCC)C2. The van der Waals surface area contributed by atoms with E-state index in [0.717, 1.165) is 88.2 Å². The third-order valence-corrected chi connectivity index (χ3v) is 16.3. The minimum Gasteiger partial charge on any atom is -0.465 e. The molecule has 388 valence electrons. The summed E-state index contributed by atoms with van der Waals surface area (Å²) in [4.78, 5) is 28.6. The highest BCUT2D eigenvalue weighted by atomic mass is 16.5. The number of aryl methyl sites for hydroxylation is 4. The molecule has 4 nitrogen and oxygen atoms in total. The third kappa shape index (κ3) is 13.9. The van der Waals surface area contributed by atoms with Crippen molar-refractivity contribution >= 4 is 33.5 Å². The van der Waals surface area contributed by atoms with Crippen LogP contribution in [0.3, 0.4) is 0 Å². The molecular weight excluding hydrogens is 857 g/mol. The van der Waals surface area contributed by atoms with Crippen molar-refractivity contribution in [3.05, 3.63) is 90.0 Å². The second-order valence-corrected chi connectivity index (χ2v) is 21.4. The summed E-state index contributed by atoms with van der Waals surface area (Å²) in [5.74, 6) is -0.806. The lowest BCUT2D eigenvalue weighted by Gasteiger charge is -2.33. The molecule has 5 rings (SSSR count). The normalized spacial score (nSPS) is 12.3. The van der Waals surface area contributed by atoms with Crippen LogP contribution in [0.1, 0.15) is 297 Å². The van der Waals surface area contributed by atoms with Crippen molar-refractivity contribution in [1.29, 1.82) is 0 Å². The van der Waals surface area contributed by atoms with Gasteiger partial charge in [-0.1, -0.05) is 158 Å². The molecule has 1 aliphatic carbocycles. The van der Waals surface area contributed by atoms with E-state index in [4.69, 9.17) is 9.47 Å². The first-order chi connectivity index (χ1) is 34.2. The topological polar surface area (TPSA) is 52.6 Å². The average Bonchev–Trinajstić information content (AvgIpc) is 3.37. The molecule has 70 heavy (non-hydrogen) atoms. The molecule has 0 radical (unpaired) electrons. The van der Waals surface area contributed by atoms with Crippen LogP contribution in [0.15, 0.2) is 12.1 Å². The zero-order valence-corrected chi connectivity index (χ0v) is 46.8. The summed E-state index contributed by atoms with van der Waals surface area (Å²) in [6.07, 6.45) is 38.5. The summed E-state index contributed by atoms with van der Waals surface area (Å²) >= 11 is 0. The van der Waals surface area contributed by atoms with Gasteiger partial charge in [-0.05, 0) is 216 Å². The Balaban J connectivity index is 2.02. The number of rotatable bonds is 34. The quantitative estimate of drug-likeness (QED) is 0.0234. The molecule has 0 fully saturated rings. The molecule has 0 aromatic heterocycles. The molecule has 4 heteroatoms. The van der Waals surface area contributed by atoms with Crippen LogP contribution in [0.5, 0.6) is 0 Å². The number of hydrogen-bond donors (Lipinski definition) is 0. The van der Waals surface area contributed by atoms with Gasteiger partial charge in [-0.2, -0.15) is 0 Å². The molecular formula is C66H100O4. The van der Waals surface area contributed by atoms with E-state index in [2.05, 4.69) is 67.5 Å². The molecule has 0 N–H and O–H groups in total. The molecule has 0 saturated heterocycles. The van der Waals surface area contributed by atoms with Crippen LogP contribution in [-0.4, -0.2) is 26.2 Å². The summed E-state index contributed by atoms with van der Waals surface area (Å²) in [6.45, 7) is 18.6. The number of unbranched alkanes of at least 4 members (excludes halogenated alkanes) is 16. The maximum atomic E-state index is 14.3. The summed E-state index contributed by atoms with van der Waals surface area (Å²) in [5, 5.41) is 6.12. The van der Waals surface area contributed by atoms with Gasteiger partial charge in [0.2, 0.25) is 0 Å². The summed E-state index contributed by atoms with van der Waals surface area (Å²) < 4.78 is 11.3. The predicted octanol–water partition coefficient (Wildman–Crippen LogP) is 18.9. The number of ether oxygens (including phenoxy) is 2. The molecule has 1 aliphatic rings. The van der Waals surface area contributed by atoms with E-state index in [-0.39, 0.29) is 0 Å². The monoisotopic (exact) mass is 957 g/mol. The zero-order chi connectivity index (χ0) is 50.4. The van der Waals surface area contributed by atoms with Crippen LogP contribution in [0.25, 0.3) is 21.5 Å². The highest BCUT2D eigenvalue weighted by molar-refractivity contribution is 6.07. The van der Waals surface area contributed by atoms with Crippen molar-refractivity contribution in [3.8, 4) is 0 Å². The van der Waals surface area contributed by atoms with Gasteiger partial charge in [0.25, 0.3) is 0 Å². The number of fused-ring (bicyclic) bond motifs is 4. The molecule has 0 spiro atoms. The van der Waals surface area contributed by atoms with E-state index in [1.54, 1.807) is 44.2 Å². The van der Waals surface area contributed by atoms with Crippen LogP contribution in [0.4, 0.5) is 0 Å².